The number of aliphatic hydroxyl groups excluding tert-OH is 1. The van der Waals surface area contributed by atoms with Crippen LogP contribution in [0.4, 0.5) is 0 Å². The van der Waals surface area contributed by atoms with E-state index in [4.69, 9.17) is 9.84 Å². The van der Waals surface area contributed by atoms with Gasteiger partial charge in [-0.25, -0.2) is 4.79 Å². The highest BCUT2D eigenvalue weighted by molar-refractivity contribution is 6.09. The number of nitrogens with zero attached hydrogens (tertiary/aromatic N) is 1. The number of aromatic carboxylic acids is 1. The van der Waals surface area contributed by atoms with Gasteiger partial charge in [0, 0.05) is 12.5 Å². The first-order valence-electron chi connectivity index (χ1n) is 9.49. The molecule has 156 valence electrons. The zero-order valence-electron chi connectivity index (χ0n) is 17.0. The molecule has 0 fully saturated rings. The maximum absolute atomic E-state index is 12.9. The van der Waals surface area contributed by atoms with E-state index in [-0.39, 0.29) is 23.5 Å². The fourth-order valence-electron chi connectivity index (χ4n) is 3.49. The van der Waals surface area contributed by atoms with Crippen LogP contribution in [-0.4, -0.2) is 39.9 Å². The summed E-state index contributed by atoms with van der Waals surface area (Å²) in [5.74, 6) is -2.39. The second-order valence-electron chi connectivity index (χ2n) is 7.40. The number of methoxy groups -OCH3 is 1. The van der Waals surface area contributed by atoms with Gasteiger partial charge < -0.3 is 19.8 Å². The molecule has 0 aromatic heterocycles. The smallest absolute Gasteiger partial charge is 0.335 e. The van der Waals surface area contributed by atoms with Gasteiger partial charge in [0.25, 0.3) is 5.91 Å². The summed E-state index contributed by atoms with van der Waals surface area (Å²) in [6.07, 6.45) is 0. The van der Waals surface area contributed by atoms with Gasteiger partial charge in [-0.3, -0.25) is 9.59 Å². The molecule has 7 nitrogen and oxygen atoms in total. The van der Waals surface area contributed by atoms with Crippen LogP contribution in [0, 0.1) is 5.92 Å². The lowest BCUT2D eigenvalue weighted by atomic mass is 9.91. The van der Waals surface area contributed by atoms with Crippen LogP contribution in [0.25, 0.3) is 0 Å². The summed E-state index contributed by atoms with van der Waals surface area (Å²) in [6.45, 7) is 3.52. The molecular formula is C23H23NO6. The van der Waals surface area contributed by atoms with Crippen LogP contribution >= 0.6 is 0 Å². The fraction of sp³-hybridized carbons (Fsp3) is 0.261. The first kappa shape index (κ1) is 21.1. The number of carboxylic acid groups (broad SMARTS) is 1. The van der Waals surface area contributed by atoms with E-state index in [2.05, 4.69) is 0 Å². The topological polar surface area (TPSA) is 104 Å². The molecule has 1 unspecified atom stereocenters. The van der Waals surface area contributed by atoms with Gasteiger partial charge in [0.2, 0.25) is 0 Å². The zero-order chi connectivity index (χ0) is 22.0. The van der Waals surface area contributed by atoms with E-state index in [1.807, 2.05) is 0 Å². The molecule has 30 heavy (non-hydrogen) atoms. The summed E-state index contributed by atoms with van der Waals surface area (Å²) >= 11 is 0. The number of rotatable bonds is 7. The molecule has 0 radical (unpaired) electrons. The van der Waals surface area contributed by atoms with E-state index in [0.29, 0.717) is 16.9 Å². The van der Waals surface area contributed by atoms with Gasteiger partial charge in [0.1, 0.15) is 5.75 Å². The quantitative estimate of drug-likeness (QED) is 0.725. The highest BCUT2D eigenvalue weighted by Crippen LogP contribution is 2.40. The monoisotopic (exact) mass is 409 g/mol. The van der Waals surface area contributed by atoms with Gasteiger partial charge in [-0.1, -0.05) is 38.1 Å². The summed E-state index contributed by atoms with van der Waals surface area (Å²) < 4.78 is 5.28. The lowest BCUT2D eigenvalue weighted by Gasteiger charge is -2.27. The maximum atomic E-state index is 12.9. The molecule has 1 aliphatic heterocycles. The number of carbonyl (C=O) groups is 3. The molecular weight excluding hydrogens is 386 g/mol. The standard InChI is InChI=1S/C23H23NO6/c1-13(2)20(25)18-19(16-5-4-6-17(11-16)30-3)24(22(27)21(18)26)12-14-7-9-15(10-8-14)23(28)29/h4-11,13,19,26H,12H2,1-3H3,(H,28,29). The van der Waals surface area contributed by atoms with Crippen molar-refractivity contribution < 1.29 is 29.3 Å². The second-order valence-corrected chi connectivity index (χ2v) is 7.40. The molecule has 2 aromatic rings. The Bertz CT molecular complexity index is 1020. The van der Waals surface area contributed by atoms with Crippen molar-refractivity contribution in [2.24, 2.45) is 5.92 Å². The van der Waals surface area contributed by atoms with Crippen molar-refractivity contribution in [1.82, 2.24) is 4.90 Å². The van der Waals surface area contributed by atoms with Gasteiger partial charge >= 0.3 is 5.97 Å². The van der Waals surface area contributed by atoms with E-state index >= 15 is 0 Å². The third-order valence-electron chi connectivity index (χ3n) is 5.06. The highest BCUT2D eigenvalue weighted by atomic mass is 16.5. The molecule has 1 aliphatic rings. The molecule has 0 aliphatic carbocycles. The van der Waals surface area contributed by atoms with Crippen LogP contribution in [0.3, 0.4) is 0 Å². The predicted octanol–water partition coefficient (Wildman–Crippen LogP) is 3.51. The number of hydrogen-bond acceptors (Lipinski definition) is 5. The van der Waals surface area contributed by atoms with Crippen molar-refractivity contribution in [2.75, 3.05) is 7.11 Å². The molecule has 0 spiro atoms. The number of carbonyl (C=O) groups excluding carboxylic acids is 2. The van der Waals surface area contributed by atoms with E-state index in [1.165, 1.54) is 24.1 Å². The first-order valence-corrected chi connectivity index (χ1v) is 9.49. The Hall–Kier alpha value is -3.61. The number of benzene rings is 2. The van der Waals surface area contributed by atoms with Crippen molar-refractivity contribution in [1.29, 1.82) is 0 Å². The molecule has 1 heterocycles. The SMILES string of the molecule is COc1cccc(C2C(C(=O)C(C)C)=C(O)C(=O)N2Cc2ccc(C(=O)O)cc2)c1. The molecule has 7 heteroatoms. The van der Waals surface area contributed by atoms with Crippen LogP contribution < -0.4 is 4.74 Å². The third kappa shape index (κ3) is 3.91. The van der Waals surface area contributed by atoms with E-state index in [9.17, 15) is 19.5 Å². The highest BCUT2D eigenvalue weighted by Gasteiger charge is 2.44. The van der Waals surface area contributed by atoms with Gasteiger partial charge in [-0.15, -0.1) is 0 Å². The van der Waals surface area contributed by atoms with Crippen LogP contribution in [0.1, 0.15) is 41.4 Å². The largest absolute Gasteiger partial charge is 0.503 e. The Balaban J connectivity index is 2.05. The first-order chi connectivity index (χ1) is 14.2. The molecule has 2 N–H and O–H groups in total. The van der Waals surface area contributed by atoms with Gasteiger partial charge in [0.05, 0.1) is 24.3 Å². The van der Waals surface area contributed by atoms with Crippen molar-refractivity contribution in [3.63, 3.8) is 0 Å². The Labute approximate surface area is 174 Å². The average Bonchev–Trinajstić information content (AvgIpc) is 2.98. The third-order valence-corrected chi connectivity index (χ3v) is 5.06. The molecule has 1 atom stereocenters. The predicted molar refractivity (Wildman–Crippen MR) is 109 cm³/mol. The van der Waals surface area contributed by atoms with E-state index in [1.54, 1.807) is 50.2 Å². The lowest BCUT2D eigenvalue weighted by molar-refractivity contribution is -0.130. The minimum atomic E-state index is -1.04. The van der Waals surface area contributed by atoms with Gasteiger partial charge in [-0.05, 0) is 35.4 Å². The Kier molecular flexibility index (Phi) is 5.91. The van der Waals surface area contributed by atoms with Crippen LogP contribution in [0.2, 0.25) is 0 Å². The summed E-state index contributed by atoms with van der Waals surface area (Å²) in [4.78, 5) is 38.3. The van der Waals surface area contributed by atoms with Crippen LogP contribution in [-0.2, 0) is 16.1 Å². The molecule has 0 saturated heterocycles. The van der Waals surface area contributed by atoms with Gasteiger partial charge in [0.15, 0.2) is 11.5 Å². The Morgan fingerprint density at radius 1 is 1.13 bits per heavy atom. The van der Waals surface area contributed by atoms with Crippen molar-refractivity contribution >= 4 is 17.7 Å². The van der Waals surface area contributed by atoms with Gasteiger partial charge in [-0.2, -0.15) is 0 Å². The number of hydrogen-bond donors (Lipinski definition) is 2. The summed E-state index contributed by atoms with van der Waals surface area (Å²) in [7, 11) is 1.52. The number of amides is 1. The van der Waals surface area contributed by atoms with Crippen molar-refractivity contribution in [2.45, 2.75) is 26.4 Å². The minimum absolute atomic E-state index is 0.0606. The normalized spacial score (nSPS) is 16.3. The van der Waals surface area contributed by atoms with Crippen molar-refractivity contribution in [3.8, 4) is 5.75 Å². The number of Topliss-reactive ketones (excluding diaryl/α,β-unsaturated/α-hetero) is 1. The zero-order valence-corrected chi connectivity index (χ0v) is 17.0. The molecule has 1 amide bonds. The Morgan fingerprint density at radius 2 is 1.80 bits per heavy atom. The summed E-state index contributed by atoms with van der Waals surface area (Å²) in [6, 6.07) is 12.4. The number of ether oxygens (including phenoxy) is 1. The van der Waals surface area contributed by atoms with E-state index < -0.39 is 29.6 Å². The van der Waals surface area contributed by atoms with Crippen LogP contribution in [0.15, 0.2) is 59.9 Å². The number of carboxylic acids is 1. The second kappa shape index (κ2) is 8.41. The summed E-state index contributed by atoms with van der Waals surface area (Å²) in [5, 5.41) is 19.6. The van der Waals surface area contributed by atoms with E-state index in [0.717, 1.165) is 0 Å². The molecule has 0 bridgehead atoms. The number of ketones is 1. The van der Waals surface area contributed by atoms with Crippen LogP contribution in [0.5, 0.6) is 5.75 Å². The minimum Gasteiger partial charge on any atom is -0.503 e. The molecule has 2 aromatic carbocycles. The fourth-order valence-corrected chi connectivity index (χ4v) is 3.49. The lowest BCUT2D eigenvalue weighted by Crippen LogP contribution is -2.31. The summed E-state index contributed by atoms with van der Waals surface area (Å²) in [5.41, 5.74) is 1.50. The van der Waals surface area contributed by atoms with Crippen molar-refractivity contribution in [3.05, 3.63) is 76.6 Å². The maximum Gasteiger partial charge on any atom is 0.335 e. The molecule has 0 saturated carbocycles. The average molecular weight is 409 g/mol. The number of aliphatic hydroxyl groups is 1. The molecule has 3 rings (SSSR count). The Morgan fingerprint density at radius 3 is 2.37 bits per heavy atom.